The monoisotopic (exact) mass is 440 g/mol. The molecule has 2 rings (SSSR count). The summed E-state index contributed by atoms with van der Waals surface area (Å²) >= 11 is 0. The van der Waals surface area contributed by atoms with E-state index in [0.29, 0.717) is 6.61 Å². The first-order valence-corrected chi connectivity index (χ1v) is 17.4. The molecule has 1 aromatic rings. The summed E-state index contributed by atoms with van der Waals surface area (Å²) in [5.41, 5.74) is 4.66. The Morgan fingerprint density at radius 3 is 2.17 bits per heavy atom. The van der Waals surface area contributed by atoms with Gasteiger partial charge in [-0.2, -0.15) is 0 Å². The van der Waals surface area contributed by atoms with Crippen LogP contribution < -0.4 is 15.1 Å². The van der Waals surface area contributed by atoms with Crippen LogP contribution in [0.3, 0.4) is 0 Å². The van der Waals surface area contributed by atoms with Crippen molar-refractivity contribution in [2.45, 2.75) is 86.5 Å². The lowest BCUT2D eigenvalue weighted by Crippen LogP contribution is -2.49. The molecule has 0 aliphatic heterocycles. The van der Waals surface area contributed by atoms with Crippen molar-refractivity contribution in [2.75, 3.05) is 6.61 Å². The predicted molar refractivity (Wildman–Crippen MR) is 141 cm³/mol. The van der Waals surface area contributed by atoms with Crippen LogP contribution in [0, 0.1) is 12.3 Å². The fourth-order valence-corrected chi connectivity index (χ4v) is 10.6. The van der Waals surface area contributed by atoms with Gasteiger partial charge in [0.15, 0.2) is 0 Å². The zero-order chi connectivity index (χ0) is 23.1. The molecule has 1 aromatic carbocycles. The molecule has 1 aliphatic carbocycles. The third-order valence-corrected chi connectivity index (χ3v) is 12.0. The molecule has 0 radical (unpaired) electrons. The van der Waals surface area contributed by atoms with E-state index in [2.05, 4.69) is 99.5 Å². The molecule has 1 aliphatic rings. The van der Waals surface area contributed by atoms with E-state index in [-0.39, 0.29) is 10.8 Å². The van der Waals surface area contributed by atoms with Crippen LogP contribution in [0.2, 0.25) is 26.2 Å². The highest BCUT2D eigenvalue weighted by Crippen LogP contribution is 2.40. The molecule has 0 heterocycles. The maximum absolute atomic E-state index is 6.55. The van der Waals surface area contributed by atoms with Gasteiger partial charge < -0.3 is 4.74 Å². The quantitative estimate of drug-likeness (QED) is 0.372. The summed E-state index contributed by atoms with van der Waals surface area (Å²) in [4.78, 5) is 0. The number of aryl methyl sites for hydroxylation is 1. The van der Waals surface area contributed by atoms with Crippen LogP contribution in [0.15, 0.2) is 41.6 Å². The molecule has 30 heavy (non-hydrogen) atoms. The minimum Gasteiger partial charge on any atom is -0.489 e. The Kier molecular flexibility index (Phi) is 7.20. The van der Waals surface area contributed by atoms with Gasteiger partial charge in [0.05, 0.1) is 8.80 Å². The van der Waals surface area contributed by atoms with Gasteiger partial charge in [0, 0.05) is 0 Å². The summed E-state index contributed by atoms with van der Waals surface area (Å²) in [5, 5.41) is 4.71. The second-order valence-corrected chi connectivity index (χ2v) is 19.0. The normalized spacial score (nSPS) is 15.3. The number of hydrogen-bond acceptors (Lipinski definition) is 1. The lowest BCUT2D eigenvalue weighted by Gasteiger charge is -2.36. The van der Waals surface area contributed by atoms with Crippen LogP contribution in [-0.2, 0) is 5.41 Å². The Morgan fingerprint density at radius 2 is 1.70 bits per heavy atom. The molecule has 3 heteroatoms. The first-order valence-electron chi connectivity index (χ1n) is 11.5. The summed E-state index contributed by atoms with van der Waals surface area (Å²) in [6, 6.07) is 2.49. The molecule has 0 bridgehead atoms. The SMILES string of the molecule is C=CCOc1c([Si](C)(C)C2=C(C(C)(C)C)C=CC2)cc(C)c([SiH](C)C)c1C(C)(C)C. The first kappa shape index (κ1) is 24.9. The Hall–Kier alpha value is -1.33. The molecule has 0 fully saturated rings. The number of benzene rings is 1. The van der Waals surface area contributed by atoms with Gasteiger partial charge >= 0.3 is 0 Å². The summed E-state index contributed by atoms with van der Waals surface area (Å²) in [7, 11) is -2.97. The zero-order valence-electron chi connectivity index (χ0n) is 21.4. The van der Waals surface area contributed by atoms with Crippen molar-refractivity contribution in [1.82, 2.24) is 0 Å². The summed E-state index contributed by atoms with van der Waals surface area (Å²) < 4.78 is 6.55. The molecular formula is C27H44OSi2. The molecule has 0 aromatic heterocycles. The van der Waals surface area contributed by atoms with Crippen LogP contribution in [0.4, 0.5) is 0 Å². The van der Waals surface area contributed by atoms with Crippen molar-refractivity contribution in [1.29, 1.82) is 0 Å². The maximum Gasteiger partial charge on any atom is 0.123 e. The number of hydrogen-bond donors (Lipinski definition) is 0. The van der Waals surface area contributed by atoms with Gasteiger partial charge in [-0.25, -0.2) is 0 Å². The smallest absolute Gasteiger partial charge is 0.123 e. The minimum absolute atomic E-state index is 0.0452. The van der Waals surface area contributed by atoms with E-state index in [9.17, 15) is 0 Å². The van der Waals surface area contributed by atoms with Gasteiger partial charge in [-0.15, -0.1) is 0 Å². The molecule has 166 valence electrons. The van der Waals surface area contributed by atoms with Gasteiger partial charge in [0.2, 0.25) is 0 Å². The van der Waals surface area contributed by atoms with E-state index in [1.54, 1.807) is 10.4 Å². The average Bonchev–Trinajstić information content (AvgIpc) is 3.09. The lowest BCUT2D eigenvalue weighted by atomic mass is 9.85. The van der Waals surface area contributed by atoms with Crippen LogP contribution in [-0.4, -0.2) is 23.5 Å². The highest BCUT2D eigenvalue weighted by atomic mass is 28.3. The van der Waals surface area contributed by atoms with Crippen LogP contribution in [0.5, 0.6) is 5.75 Å². The Labute approximate surface area is 188 Å². The second-order valence-electron chi connectivity index (χ2n) is 11.7. The Morgan fingerprint density at radius 1 is 1.10 bits per heavy atom. The molecule has 0 saturated heterocycles. The van der Waals surface area contributed by atoms with Crippen molar-refractivity contribution >= 4 is 27.2 Å². The van der Waals surface area contributed by atoms with Crippen molar-refractivity contribution in [3.63, 3.8) is 0 Å². The van der Waals surface area contributed by atoms with Crippen molar-refractivity contribution in [3.05, 3.63) is 52.8 Å². The predicted octanol–water partition coefficient (Wildman–Crippen LogP) is 6.31. The number of rotatable bonds is 6. The van der Waals surface area contributed by atoms with Gasteiger partial charge in [-0.3, -0.25) is 0 Å². The van der Waals surface area contributed by atoms with E-state index < -0.39 is 16.9 Å². The molecule has 0 unspecified atom stereocenters. The van der Waals surface area contributed by atoms with Gasteiger partial charge in [0.1, 0.15) is 20.4 Å². The molecule has 0 amide bonds. The fourth-order valence-electron chi connectivity index (χ4n) is 5.02. The number of ether oxygens (including phenoxy) is 1. The fraction of sp³-hybridized carbons (Fsp3) is 0.556. The van der Waals surface area contributed by atoms with Crippen molar-refractivity contribution in [2.24, 2.45) is 5.41 Å². The van der Waals surface area contributed by atoms with Gasteiger partial charge in [-0.05, 0) is 40.5 Å². The minimum atomic E-state index is -1.94. The Balaban J connectivity index is 2.92. The van der Waals surface area contributed by atoms with Crippen LogP contribution >= 0.6 is 0 Å². The van der Waals surface area contributed by atoms with Gasteiger partial charge in [-0.1, -0.05) is 115 Å². The van der Waals surface area contributed by atoms with Crippen LogP contribution in [0.1, 0.15) is 59.1 Å². The first-order chi connectivity index (χ1) is 13.6. The van der Waals surface area contributed by atoms with E-state index in [1.165, 1.54) is 21.9 Å². The van der Waals surface area contributed by atoms with Crippen LogP contribution in [0.25, 0.3) is 0 Å². The standard InChI is InChI=1S/C27H44OSi2/c1-13-17-28-24-22(18-19(2)25(29(9)10)23(24)27(6,7)8)30(11,12)21-16-14-15-20(21)26(3,4)5/h13-15,18,29H,1,16-17H2,2-12H3. The molecule has 0 saturated carbocycles. The highest BCUT2D eigenvalue weighted by molar-refractivity contribution is 6.96. The summed E-state index contributed by atoms with van der Waals surface area (Å²) in [5.74, 6) is 1.16. The molecule has 0 spiro atoms. The number of allylic oxidation sites excluding steroid dienone is 4. The second kappa shape index (κ2) is 8.66. The maximum atomic E-state index is 6.55. The van der Waals surface area contributed by atoms with Crippen molar-refractivity contribution in [3.8, 4) is 5.75 Å². The van der Waals surface area contributed by atoms with Crippen molar-refractivity contribution < 1.29 is 4.74 Å². The zero-order valence-corrected chi connectivity index (χ0v) is 23.6. The Bertz CT molecular complexity index is 872. The molecule has 0 atom stereocenters. The topological polar surface area (TPSA) is 9.23 Å². The third-order valence-electron chi connectivity index (χ3n) is 6.37. The van der Waals surface area contributed by atoms with E-state index in [0.717, 1.165) is 12.2 Å². The van der Waals surface area contributed by atoms with Gasteiger partial charge in [0.25, 0.3) is 0 Å². The molecular weight excluding hydrogens is 396 g/mol. The molecule has 1 nitrogen and oxygen atoms in total. The third kappa shape index (κ3) is 4.78. The average molecular weight is 441 g/mol. The van der Waals surface area contributed by atoms with E-state index >= 15 is 0 Å². The largest absolute Gasteiger partial charge is 0.489 e. The molecule has 0 N–H and O–H groups in total. The summed E-state index contributed by atoms with van der Waals surface area (Å²) in [6.45, 7) is 30.8. The highest BCUT2D eigenvalue weighted by Gasteiger charge is 2.39. The summed E-state index contributed by atoms with van der Waals surface area (Å²) in [6.07, 6.45) is 7.70. The lowest BCUT2D eigenvalue weighted by molar-refractivity contribution is 0.354. The van der Waals surface area contributed by atoms with E-state index in [1.807, 2.05) is 6.08 Å². The van der Waals surface area contributed by atoms with E-state index in [4.69, 9.17) is 4.74 Å².